The van der Waals surface area contributed by atoms with Gasteiger partial charge in [-0.15, -0.1) is 0 Å². The van der Waals surface area contributed by atoms with E-state index in [0.717, 1.165) is 26.1 Å². The molecule has 1 fully saturated rings. The van der Waals surface area contributed by atoms with E-state index in [1.54, 1.807) is 0 Å². The molecule has 1 N–H and O–H groups in total. The van der Waals surface area contributed by atoms with Crippen LogP contribution in [0.3, 0.4) is 0 Å². The number of amides is 1. The molecule has 0 saturated carbocycles. The van der Waals surface area contributed by atoms with Gasteiger partial charge >= 0.3 is 0 Å². The fraction of sp³-hybridized carbons (Fsp3) is 0.533. The van der Waals surface area contributed by atoms with Gasteiger partial charge in [0.25, 0.3) is 0 Å². The molecule has 1 heterocycles. The molecule has 1 amide bonds. The van der Waals surface area contributed by atoms with Crippen LogP contribution in [0.2, 0.25) is 0 Å². The molecule has 0 radical (unpaired) electrons. The average molecular weight is 261 g/mol. The molecule has 1 aliphatic heterocycles. The van der Waals surface area contributed by atoms with Crippen molar-refractivity contribution in [2.45, 2.75) is 19.9 Å². The van der Waals surface area contributed by atoms with Gasteiger partial charge in [-0.3, -0.25) is 4.79 Å². The number of hydrogen-bond donors (Lipinski definition) is 1. The van der Waals surface area contributed by atoms with Crippen LogP contribution >= 0.6 is 0 Å². The van der Waals surface area contributed by atoms with Gasteiger partial charge in [-0.05, 0) is 32.0 Å². The van der Waals surface area contributed by atoms with E-state index in [-0.39, 0.29) is 5.91 Å². The molecule has 4 nitrogen and oxygen atoms in total. The Balaban J connectivity index is 2.27. The van der Waals surface area contributed by atoms with Gasteiger partial charge in [-0.2, -0.15) is 0 Å². The number of nitrogens with zero attached hydrogens (tertiary/aromatic N) is 2. The topological polar surface area (TPSA) is 35.6 Å². The van der Waals surface area contributed by atoms with Crippen molar-refractivity contribution in [3.63, 3.8) is 0 Å². The van der Waals surface area contributed by atoms with Gasteiger partial charge in [0.1, 0.15) is 0 Å². The summed E-state index contributed by atoms with van der Waals surface area (Å²) in [6.07, 6.45) is 1.02. The van der Waals surface area contributed by atoms with Crippen LogP contribution in [0, 0.1) is 6.92 Å². The van der Waals surface area contributed by atoms with Crippen LogP contribution in [0.5, 0.6) is 0 Å². The van der Waals surface area contributed by atoms with Crippen molar-refractivity contribution in [3.05, 3.63) is 29.3 Å². The van der Waals surface area contributed by atoms with Gasteiger partial charge in [0.05, 0.1) is 6.54 Å². The van der Waals surface area contributed by atoms with E-state index in [1.807, 2.05) is 19.0 Å². The zero-order chi connectivity index (χ0) is 13.8. The van der Waals surface area contributed by atoms with Gasteiger partial charge < -0.3 is 15.1 Å². The summed E-state index contributed by atoms with van der Waals surface area (Å²) >= 11 is 0. The summed E-state index contributed by atoms with van der Waals surface area (Å²) in [5, 5.41) is 3.20. The second-order valence-electron chi connectivity index (χ2n) is 5.25. The summed E-state index contributed by atoms with van der Waals surface area (Å²) in [5.41, 5.74) is 3.70. The molecule has 19 heavy (non-hydrogen) atoms. The summed E-state index contributed by atoms with van der Waals surface area (Å²) in [4.78, 5) is 16.0. The zero-order valence-electron chi connectivity index (χ0n) is 12.1. The normalized spacial score (nSPS) is 16.7. The zero-order valence-corrected chi connectivity index (χ0v) is 12.1. The number of carbonyl (C=O) groups excluding carboxylic acids is 1. The first kappa shape index (κ1) is 13.9. The minimum absolute atomic E-state index is 0.202. The van der Waals surface area contributed by atoms with Crippen molar-refractivity contribution in [1.82, 2.24) is 10.2 Å². The smallest absolute Gasteiger partial charge is 0.241 e. The first-order valence-electron chi connectivity index (χ1n) is 6.85. The van der Waals surface area contributed by atoms with Gasteiger partial charge in [-0.1, -0.05) is 17.7 Å². The van der Waals surface area contributed by atoms with Crippen molar-refractivity contribution in [3.8, 4) is 0 Å². The van der Waals surface area contributed by atoms with Crippen LogP contribution in [0.15, 0.2) is 18.2 Å². The van der Waals surface area contributed by atoms with Crippen LogP contribution in [0.1, 0.15) is 17.5 Å². The molecule has 0 aromatic heterocycles. The number of aryl methyl sites for hydroxylation is 1. The Morgan fingerprint density at radius 3 is 2.84 bits per heavy atom. The lowest BCUT2D eigenvalue weighted by atomic mass is 10.1. The first-order valence-corrected chi connectivity index (χ1v) is 6.85. The highest BCUT2D eigenvalue weighted by Crippen LogP contribution is 2.23. The number of carbonyl (C=O) groups is 1. The lowest BCUT2D eigenvalue weighted by Crippen LogP contribution is -2.35. The van der Waals surface area contributed by atoms with E-state index in [4.69, 9.17) is 0 Å². The first-order chi connectivity index (χ1) is 9.11. The van der Waals surface area contributed by atoms with Crippen molar-refractivity contribution in [1.29, 1.82) is 0 Å². The number of rotatable bonds is 3. The van der Waals surface area contributed by atoms with Crippen LogP contribution < -0.4 is 10.2 Å². The third-order valence-corrected chi connectivity index (χ3v) is 3.62. The minimum Gasteiger partial charge on any atom is -0.362 e. The average Bonchev–Trinajstić information content (AvgIpc) is 2.53. The molecule has 4 heteroatoms. The SMILES string of the molecule is CNCc1cc(C)ccc1N1CCCN(C)C(=O)C1. The lowest BCUT2D eigenvalue weighted by Gasteiger charge is -2.25. The second kappa shape index (κ2) is 6.06. The maximum Gasteiger partial charge on any atom is 0.241 e. The maximum atomic E-state index is 12.0. The van der Waals surface area contributed by atoms with Crippen molar-refractivity contribution < 1.29 is 4.79 Å². The fourth-order valence-corrected chi connectivity index (χ4v) is 2.55. The molecule has 104 valence electrons. The summed E-state index contributed by atoms with van der Waals surface area (Å²) in [6.45, 7) is 5.20. The molecular formula is C15H23N3O. The summed E-state index contributed by atoms with van der Waals surface area (Å²) < 4.78 is 0. The van der Waals surface area contributed by atoms with E-state index in [9.17, 15) is 4.79 Å². The second-order valence-corrected chi connectivity index (χ2v) is 5.25. The predicted molar refractivity (Wildman–Crippen MR) is 78.4 cm³/mol. The van der Waals surface area contributed by atoms with Crippen LogP contribution in [0.4, 0.5) is 5.69 Å². The van der Waals surface area contributed by atoms with Gasteiger partial charge in [-0.25, -0.2) is 0 Å². The number of benzene rings is 1. The number of nitrogens with one attached hydrogen (secondary N) is 1. The Kier molecular flexibility index (Phi) is 4.43. The highest BCUT2D eigenvalue weighted by molar-refractivity contribution is 5.82. The van der Waals surface area contributed by atoms with E-state index in [0.29, 0.717) is 6.54 Å². The van der Waals surface area contributed by atoms with E-state index in [1.165, 1.54) is 16.8 Å². The molecular weight excluding hydrogens is 238 g/mol. The minimum atomic E-state index is 0.202. The van der Waals surface area contributed by atoms with Crippen molar-refractivity contribution in [2.24, 2.45) is 0 Å². The quantitative estimate of drug-likeness (QED) is 0.893. The third kappa shape index (κ3) is 3.26. The van der Waals surface area contributed by atoms with E-state index < -0.39 is 0 Å². The molecule has 1 aromatic rings. The van der Waals surface area contributed by atoms with Crippen molar-refractivity contribution >= 4 is 11.6 Å². The number of hydrogen-bond acceptors (Lipinski definition) is 3. The maximum absolute atomic E-state index is 12.0. The molecule has 0 aliphatic carbocycles. The molecule has 0 bridgehead atoms. The van der Waals surface area contributed by atoms with Crippen LogP contribution in [-0.4, -0.2) is 44.5 Å². The highest BCUT2D eigenvalue weighted by Gasteiger charge is 2.20. The summed E-state index contributed by atoms with van der Waals surface area (Å²) in [7, 11) is 3.84. The third-order valence-electron chi connectivity index (χ3n) is 3.62. The Bertz CT molecular complexity index is 459. The monoisotopic (exact) mass is 261 g/mol. The van der Waals surface area contributed by atoms with E-state index in [2.05, 4.69) is 35.3 Å². The van der Waals surface area contributed by atoms with Crippen molar-refractivity contribution in [2.75, 3.05) is 38.6 Å². The van der Waals surface area contributed by atoms with Gasteiger partial charge in [0.15, 0.2) is 0 Å². The summed E-state index contributed by atoms with van der Waals surface area (Å²) in [6, 6.07) is 6.46. The lowest BCUT2D eigenvalue weighted by molar-refractivity contribution is -0.127. The van der Waals surface area contributed by atoms with Crippen LogP contribution in [0.25, 0.3) is 0 Å². The Labute approximate surface area is 115 Å². The van der Waals surface area contributed by atoms with Crippen LogP contribution in [-0.2, 0) is 11.3 Å². The molecule has 1 aromatic carbocycles. The predicted octanol–water partition coefficient (Wildman–Crippen LogP) is 1.38. The number of anilines is 1. The molecule has 1 saturated heterocycles. The Morgan fingerprint density at radius 2 is 2.11 bits per heavy atom. The van der Waals surface area contributed by atoms with E-state index >= 15 is 0 Å². The summed E-state index contributed by atoms with van der Waals surface area (Å²) in [5.74, 6) is 0.202. The molecule has 0 atom stereocenters. The largest absolute Gasteiger partial charge is 0.362 e. The standard InChI is InChI=1S/C15H23N3O/c1-12-5-6-14(13(9-12)10-16-2)18-8-4-7-17(3)15(19)11-18/h5-6,9,16H,4,7-8,10-11H2,1-3H3. The Morgan fingerprint density at radius 1 is 1.32 bits per heavy atom. The van der Waals surface area contributed by atoms with Gasteiger partial charge in [0, 0.05) is 32.4 Å². The Hall–Kier alpha value is -1.55. The molecule has 1 aliphatic rings. The highest BCUT2D eigenvalue weighted by atomic mass is 16.2. The van der Waals surface area contributed by atoms with Gasteiger partial charge in [0.2, 0.25) is 5.91 Å². The fourth-order valence-electron chi connectivity index (χ4n) is 2.55. The molecule has 0 spiro atoms. The molecule has 0 unspecified atom stereocenters. The molecule has 2 rings (SSSR count). The number of likely N-dealkylation sites (N-methyl/N-ethyl adjacent to an activating group) is 1.